The minimum atomic E-state index is -1.05. The van der Waals surface area contributed by atoms with Gasteiger partial charge in [0.1, 0.15) is 5.01 Å². The van der Waals surface area contributed by atoms with E-state index in [0.29, 0.717) is 5.01 Å². The minimum absolute atomic E-state index is 0.0360. The summed E-state index contributed by atoms with van der Waals surface area (Å²) in [6, 6.07) is 9.37. The van der Waals surface area contributed by atoms with Crippen molar-refractivity contribution in [2.45, 2.75) is 26.2 Å². The van der Waals surface area contributed by atoms with Crippen molar-refractivity contribution in [1.29, 1.82) is 5.26 Å². The van der Waals surface area contributed by atoms with Gasteiger partial charge in [-0.1, -0.05) is 17.7 Å². The molecule has 28 heavy (non-hydrogen) atoms. The van der Waals surface area contributed by atoms with E-state index in [9.17, 15) is 19.6 Å². The van der Waals surface area contributed by atoms with Crippen molar-refractivity contribution in [3.63, 3.8) is 0 Å². The van der Waals surface area contributed by atoms with E-state index in [4.69, 9.17) is 4.74 Å². The van der Waals surface area contributed by atoms with Crippen molar-refractivity contribution >= 4 is 34.7 Å². The van der Waals surface area contributed by atoms with Gasteiger partial charge in [-0.15, -0.1) is 11.3 Å². The number of nitrogens with zero attached hydrogens (tertiary/aromatic N) is 3. The highest BCUT2D eigenvalue weighted by molar-refractivity contribution is 7.09. The number of esters is 1. The van der Waals surface area contributed by atoms with Gasteiger partial charge in [0.25, 0.3) is 0 Å². The molecule has 1 aromatic carbocycles. The summed E-state index contributed by atoms with van der Waals surface area (Å²) < 4.78 is 5.11. The molecule has 1 fully saturated rings. The molecule has 1 aliphatic rings. The van der Waals surface area contributed by atoms with Crippen molar-refractivity contribution in [3.8, 4) is 6.07 Å². The Balaban J connectivity index is 1.58. The van der Waals surface area contributed by atoms with Crippen molar-refractivity contribution in [2.75, 3.05) is 18.1 Å². The van der Waals surface area contributed by atoms with Gasteiger partial charge in [0.05, 0.1) is 12.0 Å². The van der Waals surface area contributed by atoms with Crippen LogP contribution in [-0.2, 0) is 19.1 Å². The second-order valence-corrected chi connectivity index (χ2v) is 7.59. The average Bonchev–Trinajstić information content (AvgIpc) is 3.27. The number of aryl methyl sites for hydroxylation is 2. The molecule has 8 heteroatoms. The molecule has 2 heterocycles. The number of carbonyl (C=O) groups excluding carboxylic acids is 3. The molecule has 0 radical (unpaired) electrons. The first-order valence-corrected chi connectivity index (χ1v) is 9.65. The van der Waals surface area contributed by atoms with Crippen LogP contribution in [0.1, 0.15) is 28.6 Å². The largest absolute Gasteiger partial charge is 0.457 e. The van der Waals surface area contributed by atoms with Crippen molar-refractivity contribution in [3.05, 3.63) is 45.9 Å². The number of aromatic nitrogens is 1. The maximum absolute atomic E-state index is 12.3. The molecule has 2 atom stereocenters. The van der Waals surface area contributed by atoms with Gasteiger partial charge in [0, 0.05) is 29.7 Å². The summed E-state index contributed by atoms with van der Waals surface area (Å²) >= 11 is 1.22. The minimum Gasteiger partial charge on any atom is -0.457 e. The highest BCUT2D eigenvalue weighted by Crippen LogP contribution is 2.26. The third kappa shape index (κ3) is 4.26. The fraction of sp³-hybridized carbons (Fsp3) is 0.350. The maximum Gasteiger partial charge on any atom is 0.311 e. The number of thiazole rings is 1. The summed E-state index contributed by atoms with van der Waals surface area (Å²) in [4.78, 5) is 42.6. The number of carbonyl (C=O) groups is 3. The summed E-state index contributed by atoms with van der Waals surface area (Å²) in [5.74, 6) is -2.98. The lowest BCUT2D eigenvalue weighted by Gasteiger charge is -2.16. The molecule has 1 saturated heterocycles. The van der Waals surface area contributed by atoms with Crippen LogP contribution in [0.3, 0.4) is 0 Å². The third-order valence-electron chi connectivity index (χ3n) is 4.50. The molecule has 0 saturated carbocycles. The van der Waals surface area contributed by atoms with Gasteiger partial charge in [-0.2, -0.15) is 5.26 Å². The molecular formula is C20H19N3O4S. The molecule has 1 aliphatic heterocycles. The van der Waals surface area contributed by atoms with Gasteiger partial charge in [-0.05, 0) is 26.0 Å². The highest BCUT2D eigenvalue weighted by atomic mass is 32.1. The third-order valence-corrected chi connectivity index (χ3v) is 5.52. The molecule has 7 nitrogen and oxygen atoms in total. The van der Waals surface area contributed by atoms with Crippen molar-refractivity contribution in [1.82, 2.24) is 4.98 Å². The standard InChI is InChI=1S/C20H19N3O4S/c1-12-3-5-15(6-4-12)23-9-14(7-18(23)25)20(26)27-10-17(24)16(8-21)19-22-13(2)11-28-19/h3-6,11,14,16H,7,9-10H2,1-2H3/t14-,16+/m0/s1. The quantitative estimate of drug-likeness (QED) is 0.695. The second kappa shape index (κ2) is 8.31. The Kier molecular flexibility index (Phi) is 5.85. The lowest BCUT2D eigenvalue weighted by molar-refractivity contribution is -0.151. The van der Waals surface area contributed by atoms with E-state index in [1.807, 2.05) is 37.3 Å². The fourth-order valence-electron chi connectivity index (χ4n) is 2.95. The predicted molar refractivity (Wildman–Crippen MR) is 103 cm³/mol. The van der Waals surface area contributed by atoms with Crippen LogP contribution >= 0.6 is 11.3 Å². The number of hydrogen-bond acceptors (Lipinski definition) is 7. The lowest BCUT2D eigenvalue weighted by Crippen LogP contribution is -2.27. The van der Waals surface area contributed by atoms with Gasteiger partial charge in [0.15, 0.2) is 18.3 Å². The molecule has 3 rings (SSSR count). The molecular weight excluding hydrogens is 378 g/mol. The van der Waals surface area contributed by atoms with Crippen LogP contribution < -0.4 is 4.90 Å². The first kappa shape index (κ1) is 19.7. The summed E-state index contributed by atoms with van der Waals surface area (Å²) in [6.07, 6.45) is 0.0360. The number of amides is 1. The van der Waals surface area contributed by atoms with E-state index < -0.39 is 30.2 Å². The number of hydrogen-bond donors (Lipinski definition) is 0. The van der Waals surface area contributed by atoms with E-state index in [1.165, 1.54) is 11.3 Å². The first-order chi connectivity index (χ1) is 13.4. The topological polar surface area (TPSA) is 100 Å². The molecule has 2 aromatic rings. The van der Waals surface area contributed by atoms with Crippen LogP contribution in [-0.4, -0.2) is 35.8 Å². The number of rotatable bonds is 6. The lowest BCUT2D eigenvalue weighted by atomic mass is 10.1. The fourth-order valence-corrected chi connectivity index (χ4v) is 3.81. The summed E-state index contributed by atoms with van der Waals surface area (Å²) in [5.41, 5.74) is 2.53. The summed E-state index contributed by atoms with van der Waals surface area (Å²) in [6.45, 7) is 3.43. The van der Waals surface area contributed by atoms with E-state index in [-0.39, 0.29) is 18.9 Å². The van der Waals surface area contributed by atoms with E-state index in [0.717, 1.165) is 16.9 Å². The van der Waals surface area contributed by atoms with Crippen LogP contribution in [0.5, 0.6) is 0 Å². The summed E-state index contributed by atoms with van der Waals surface area (Å²) in [7, 11) is 0. The smallest absolute Gasteiger partial charge is 0.311 e. The number of nitriles is 1. The zero-order valence-electron chi connectivity index (χ0n) is 15.5. The molecule has 0 aliphatic carbocycles. The number of ketones is 1. The molecule has 1 amide bonds. The number of ether oxygens (including phenoxy) is 1. The molecule has 0 N–H and O–H groups in total. The van der Waals surface area contributed by atoms with Gasteiger partial charge in [0.2, 0.25) is 5.91 Å². The van der Waals surface area contributed by atoms with E-state index in [1.54, 1.807) is 17.2 Å². The highest BCUT2D eigenvalue weighted by Gasteiger charge is 2.36. The van der Waals surface area contributed by atoms with Gasteiger partial charge < -0.3 is 9.64 Å². The summed E-state index contributed by atoms with van der Waals surface area (Å²) in [5, 5.41) is 11.4. The normalized spacial score (nSPS) is 17.2. The van der Waals surface area contributed by atoms with E-state index >= 15 is 0 Å². The molecule has 0 bridgehead atoms. The molecule has 144 valence electrons. The Hall–Kier alpha value is -3.05. The Morgan fingerprint density at radius 3 is 2.68 bits per heavy atom. The Labute approximate surface area is 166 Å². The van der Waals surface area contributed by atoms with E-state index in [2.05, 4.69) is 4.98 Å². The maximum atomic E-state index is 12.3. The van der Waals surface area contributed by atoms with Gasteiger partial charge >= 0.3 is 5.97 Å². The van der Waals surface area contributed by atoms with Crippen LogP contribution in [0, 0.1) is 31.1 Å². The first-order valence-electron chi connectivity index (χ1n) is 8.77. The van der Waals surface area contributed by atoms with Crippen molar-refractivity contribution < 1.29 is 19.1 Å². The SMILES string of the molecule is Cc1ccc(N2C[C@@H](C(=O)OCC(=O)[C@@H](C#N)c3nc(C)cs3)CC2=O)cc1. The molecule has 1 aromatic heterocycles. The zero-order valence-corrected chi connectivity index (χ0v) is 16.4. The van der Waals surface area contributed by atoms with Crippen LogP contribution in [0.25, 0.3) is 0 Å². The van der Waals surface area contributed by atoms with Gasteiger partial charge in [-0.3, -0.25) is 14.4 Å². The average molecular weight is 397 g/mol. The van der Waals surface area contributed by atoms with Gasteiger partial charge in [-0.25, -0.2) is 4.98 Å². The molecule has 0 spiro atoms. The van der Waals surface area contributed by atoms with Crippen LogP contribution in [0.4, 0.5) is 5.69 Å². The number of Topliss-reactive ketones (excluding diaryl/α,β-unsaturated/α-hetero) is 1. The Morgan fingerprint density at radius 2 is 2.07 bits per heavy atom. The molecule has 0 unspecified atom stereocenters. The van der Waals surface area contributed by atoms with Crippen molar-refractivity contribution in [2.24, 2.45) is 5.92 Å². The zero-order chi connectivity index (χ0) is 20.3. The second-order valence-electron chi connectivity index (χ2n) is 6.70. The monoisotopic (exact) mass is 397 g/mol. The Bertz CT molecular complexity index is 945. The predicted octanol–water partition coefficient (Wildman–Crippen LogP) is 2.53. The van der Waals surface area contributed by atoms with Crippen LogP contribution in [0.15, 0.2) is 29.6 Å². The number of anilines is 1. The number of benzene rings is 1. The Morgan fingerprint density at radius 1 is 1.36 bits per heavy atom. The van der Waals surface area contributed by atoms with Crippen LogP contribution in [0.2, 0.25) is 0 Å².